The first-order chi connectivity index (χ1) is 8.66. The lowest BCUT2D eigenvalue weighted by Gasteiger charge is -2.23. The zero-order chi connectivity index (χ0) is 13.0. The van der Waals surface area contributed by atoms with Crippen LogP contribution in [-0.4, -0.2) is 24.1 Å². The Balaban J connectivity index is 1.99. The molecule has 98 valence electrons. The van der Waals surface area contributed by atoms with Crippen LogP contribution in [0.15, 0.2) is 22.7 Å². The zero-order valence-electron chi connectivity index (χ0n) is 9.89. The summed E-state index contributed by atoms with van der Waals surface area (Å²) in [6.45, 7) is 1.56. The first kappa shape index (κ1) is 13.3. The van der Waals surface area contributed by atoms with Crippen molar-refractivity contribution in [3.63, 3.8) is 0 Å². The van der Waals surface area contributed by atoms with E-state index in [1.165, 1.54) is 25.0 Å². The van der Waals surface area contributed by atoms with Crippen LogP contribution >= 0.6 is 15.9 Å². The third kappa shape index (κ3) is 3.43. The lowest BCUT2D eigenvalue weighted by atomic mass is 10.1. The summed E-state index contributed by atoms with van der Waals surface area (Å²) in [5.41, 5.74) is 0.0461. The van der Waals surface area contributed by atoms with Crippen LogP contribution in [0, 0.1) is 10.1 Å². The van der Waals surface area contributed by atoms with E-state index in [0.29, 0.717) is 18.4 Å². The Morgan fingerprint density at radius 2 is 2.33 bits per heavy atom. The summed E-state index contributed by atoms with van der Waals surface area (Å²) in [5, 5.41) is 14.1. The number of benzene rings is 1. The maximum Gasteiger partial charge on any atom is 0.273 e. The maximum absolute atomic E-state index is 10.7. The van der Waals surface area contributed by atoms with Crippen molar-refractivity contribution in [3.05, 3.63) is 32.8 Å². The molecule has 0 aromatic heterocycles. The van der Waals surface area contributed by atoms with Crippen LogP contribution in [0.5, 0.6) is 5.75 Å². The second-order valence-electron chi connectivity index (χ2n) is 4.33. The fourth-order valence-electron chi connectivity index (χ4n) is 1.97. The summed E-state index contributed by atoms with van der Waals surface area (Å²) >= 11 is 3.34. The fourth-order valence-corrected chi connectivity index (χ4v) is 2.33. The lowest BCUT2D eigenvalue weighted by Crippen LogP contribution is -2.38. The van der Waals surface area contributed by atoms with Crippen LogP contribution in [0.25, 0.3) is 0 Å². The topological polar surface area (TPSA) is 64.4 Å². The molecule has 1 aromatic carbocycles. The van der Waals surface area contributed by atoms with Crippen LogP contribution in [0.4, 0.5) is 5.69 Å². The van der Waals surface area contributed by atoms with Crippen molar-refractivity contribution < 1.29 is 9.66 Å². The van der Waals surface area contributed by atoms with Crippen molar-refractivity contribution in [2.75, 3.05) is 13.2 Å². The molecule has 1 atom stereocenters. The van der Waals surface area contributed by atoms with Gasteiger partial charge in [0.1, 0.15) is 12.4 Å². The largest absolute Gasteiger partial charge is 0.491 e. The first-order valence-corrected chi connectivity index (χ1v) is 6.76. The number of rotatable bonds is 4. The number of ether oxygens (including phenoxy) is 1. The highest BCUT2D eigenvalue weighted by Gasteiger charge is 2.15. The van der Waals surface area contributed by atoms with Crippen LogP contribution in [0.3, 0.4) is 0 Å². The standard InChI is InChI=1S/C12H15BrN2O3/c13-11-5-4-10(15(16)17)7-12(11)18-8-9-3-1-2-6-14-9/h4-5,7,9,14H,1-3,6,8H2. The molecule has 0 amide bonds. The van der Waals surface area contributed by atoms with Gasteiger partial charge in [0, 0.05) is 12.1 Å². The Hall–Kier alpha value is -1.14. The highest BCUT2D eigenvalue weighted by molar-refractivity contribution is 9.10. The number of nitro benzene ring substituents is 1. The average Bonchev–Trinajstić information content (AvgIpc) is 2.38. The van der Waals surface area contributed by atoms with Crippen molar-refractivity contribution in [2.45, 2.75) is 25.3 Å². The second-order valence-corrected chi connectivity index (χ2v) is 5.18. The van der Waals surface area contributed by atoms with Crippen LogP contribution in [-0.2, 0) is 0 Å². The Kier molecular flexibility index (Phi) is 4.54. The molecule has 1 aromatic rings. The van der Waals surface area contributed by atoms with Gasteiger partial charge in [-0.25, -0.2) is 0 Å². The fraction of sp³-hybridized carbons (Fsp3) is 0.500. The molecule has 1 N–H and O–H groups in total. The number of nitro groups is 1. The monoisotopic (exact) mass is 314 g/mol. The molecule has 2 rings (SSSR count). The third-order valence-corrected chi connectivity index (χ3v) is 3.63. The van der Waals surface area contributed by atoms with Crippen LogP contribution in [0.1, 0.15) is 19.3 Å². The van der Waals surface area contributed by atoms with E-state index in [-0.39, 0.29) is 5.69 Å². The summed E-state index contributed by atoms with van der Waals surface area (Å²) < 4.78 is 6.39. The van der Waals surface area contributed by atoms with Crippen LogP contribution in [0.2, 0.25) is 0 Å². The quantitative estimate of drug-likeness (QED) is 0.685. The smallest absolute Gasteiger partial charge is 0.273 e. The number of nitrogens with zero attached hydrogens (tertiary/aromatic N) is 1. The van der Waals surface area contributed by atoms with E-state index >= 15 is 0 Å². The molecule has 1 unspecified atom stereocenters. The Morgan fingerprint density at radius 1 is 1.50 bits per heavy atom. The molecule has 1 aliphatic heterocycles. The molecule has 1 aliphatic rings. The first-order valence-electron chi connectivity index (χ1n) is 5.97. The van der Waals surface area contributed by atoms with E-state index in [9.17, 15) is 10.1 Å². The Bertz CT molecular complexity index is 433. The van der Waals surface area contributed by atoms with Gasteiger partial charge in [-0.3, -0.25) is 10.1 Å². The normalized spacial score (nSPS) is 19.5. The molecule has 0 radical (unpaired) electrons. The molecule has 18 heavy (non-hydrogen) atoms. The van der Waals surface area contributed by atoms with Crippen molar-refractivity contribution >= 4 is 21.6 Å². The van der Waals surface area contributed by atoms with Gasteiger partial charge in [-0.15, -0.1) is 0 Å². The van der Waals surface area contributed by atoms with Crippen molar-refractivity contribution in [3.8, 4) is 5.75 Å². The molecule has 0 saturated carbocycles. The second kappa shape index (κ2) is 6.15. The number of hydrogen-bond acceptors (Lipinski definition) is 4. The highest BCUT2D eigenvalue weighted by Crippen LogP contribution is 2.29. The summed E-state index contributed by atoms with van der Waals surface area (Å²) in [7, 11) is 0. The van der Waals surface area contributed by atoms with Crippen LogP contribution < -0.4 is 10.1 Å². The molecule has 1 heterocycles. The van der Waals surface area contributed by atoms with Gasteiger partial charge in [-0.2, -0.15) is 0 Å². The number of piperidine rings is 1. The average molecular weight is 315 g/mol. The number of hydrogen-bond donors (Lipinski definition) is 1. The predicted molar refractivity (Wildman–Crippen MR) is 71.9 cm³/mol. The van der Waals surface area contributed by atoms with E-state index in [4.69, 9.17) is 4.74 Å². The van der Waals surface area contributed by atoms with Gasteiger partial charge in [0.25, 0.3) is 5.69 Å². The van der Waals surface area contributed by atoms with Gasteiger partial charge in [0.2, 0.25) is 0 Å². The van der Waals surface area contributed by atoms with E-state index < -0.39 is 4.92 Å². The molecular weight excluding hydrogens is 300 g/mol. The Labute approximate surface area is 114 Å². The van der Waals surface area contributed by atoms with E-state index in [2.05, 4.69) is 21.2 Å². The van der Waals surface area contributed by atoms with E-state index in [0.717, 1.165) is 17.4 Å². The van der Waals surface area contributed by atoms with Crippen molar-refractivity contribution in [1.82, 2.24) is 5.32 Å². The number of halogens is 1. The summed E-state index contributed by atoms with van der Waals surface area (Å²) in [6, 6.07) is 4.88. The SMILES string of the molecule is O=[N+]([O-])c1ccc(Br)c(OCC2CCCCN2)c1. The minimum absolute atomic E-state index is 0.0461. The zero-order valence-corrected chi connectivity index (χ0v) is 11.5. The minimum atomic E-state index is -0.418. The molecule has 6 heteroatoms. The molecule has 1 saturated heterocycles. The van der Waals surface area contributed by atoms with Crippen molar-refractivity contribution in [1.29, 1.82) is 0 Å². The third-order valence-electron chi connectivity index (χ3n) is 2.98. The maximum atomic E-state index is 10.7. The molecule has 5 nitrogen and oxygen atoms in total. The molecule has 0 aliphatic carbocycles. The lowest BCUT2D eigenvalue weighted by molar-refractivity contribution is -0.385. The highest BCUT2D eigenvalue weighted by atomic mass is 79.9. The minimum Gasteiger partial charge on any atom is -0.491 e. The predicted octanol–water partition coefficient (Wildman–Crippen LogP) is 2.88. The number of nitrogens with one attached hydrogen (secondary N) is 1. The van der Waals surface area contributed by atoms with Gasteiger partial charge >= 0.3 is 0 Å². The molecule has 1 fully saturated rings. The molecule has 0 spiro atoms. The van der Waals surface area contributed by atoms with Gasteiger partial charge in [0.05, 0.1) is 15.5 Å². The molecular formula is C12H15BrN2O3. The van der Waals surface area contributed by atoms with Gasteiger partial charge in [0.15, 0.2) is 0 Å². The van der Waals surface area contributed by atoms with E-state index in [1.807, 2.05) is 0 Å². The number of non-ortho nitro benzene ring substituents is 1. The summed E-state index contributed by atoms with van der Waals surface area (Å²) in [6.07, 6.45) is 3.50. The van der Waals surface area contributed by atoms with Gasteiger partial charge in [-0.1, -0.05) is 6.42 Å². The Morgan fingerprint density at radius 3 is 3.00 bits per heavy atom. The summed E-state index contributed by atoms with van der Waals surface area (Å²) in [5.74, 6) is 0.525. The van der Waals surface area contributed by atoms with E-state index in [1.54, 1.807) is 6.07 Å². The van der Waals surface area contributed by atoms with Gasteiger partial charge in [-0.05, 0) is 41.4 Å². The van der Waals surface area contributed by atoms with Crippen molar-refractivity contribution in [2.24, 2.45) is 0 Å². The summed E-state index contributed by atoms with van der Waals surface area (Å²) in [4.78, 5) is 10.3. The molecule has 0 bridgehead atoms. The van der Waals surface area contributed by atoms with Gasteiger partial charge < -0.3 is 10.1 Å².